The number of oxazole rings is 1. The molecular formula is C33H42N2O5S2. The number of nitrogens with one attached hydrogen (secondary N) is 1. The summed E-state index contributed by atoms with van der Waals surface area (Å²) in [6.45, 7) is 19.3. The molecule has 1 aromatic heterocycles. The van der Waals surface area contributed by atoms with Crippen LogP contribution in [0.2, 0.25) is 0 Å². The Morgan fingerprint density at radius 3 is 2.12 bits per heavy atom. The van der Waals surface area contributed by atoms with Gasteiger partial charge in [0.15, 0.2) is 0 Å². The second-order valence-corrected chi connectivity index (χ2v) is 16.2. The summed E-state index contributed by atoms with van der Waals surface area (Å²) in [7, 11) is 0. The van der Waals surface area contributed by atoms with Crippen molar-refractivity contribution in [2.24, 2.45) is 0 Å². The molecule has 1 atom stereocenters. The van der Waals surface area contributed by atoms with Crippen LogP contribution in [0.5, 0.6) is 11.5 Å². The summed E-state index contributed by atoms with van der Waals surface area (Å²) in [5.74, 6) is 2.29. The first kappa shape index (κ1) is 32.0. The number of ether oxygens (including phenoxy) is 1. The Morgan fingerprint density at radius 2 is 1.60 bits per heavy atom. The Morgan fingerprint density at radius 1 is 1.00 bits per heavy atom. The average Bonchev–Trinajstić information content (AvgIpc) is 3.40. The molecule has 1 aliphatic heterocycles. The highest BCUT2D eigenvalue weighted by Gasteiger charge is 2.33. The fraction of sp³-hybridized carbons (Fsp3) is 0.485. The molecule has 9 heteroatoms. The van der Waals surface area contributed by atoms with Crippen molar-refractivity contribution >= 4 is 34.7 Å². The van der Waals surface area contributed by atoms with Gasteiger partial charge in [0, 0.05) is 22.4 Å². The SMILES string of the molecule is Cc1oc(C(C)(C)Sc2cc(C(C)(C)C)c(O)c(C(C)(C)C)c2)nc1CCOc1ccc(CC2SC(=O)NC2=O)cc1. The summed E-state index contributed by atoms with van der Waals surface area (Å²) in [6.07, 6.45) is 1.09. The molecule has 7 nitrogen and oxygen atoms in total. The van der Waals surface area contributed by atoms with Crippen LogP contribution in [0.3, 0.4) is 0 Å². The van der Waals surface area contributed by atoms with Crippen LogP contribution in [0.15, 0.2) is 45.7 Å². The van der Waals surface area contributed by atoms with Gasteiger partial charge in [0.1, 0.15) is 17.3 Å². The van der Waals surface area contributed by atoms with Gasteiger partial charge >= 0.3 is 0 Å². The van der Waals surface area contributed by atoms with E-state index in [2.05, 4.69) is 72.8 Å². The maximum atomic E-state index is 11.8. The van der Waals surface area contributed by atoms with E-state index >= 15 is 0 Å². The smallest absolute Gasteiger partial charge is 0.286 e. The summed E-state index contributed by atoms with van der Waals surface area (Å²) in [5, 5.41) is 12.8. The number of hydrogen-bond donors (Lipinski definition) is 2. The van der Waals surface area contributed by atoms with Crippen molar-refractivity contribution < 1.29 is 23.8 Å². The number of carbonyl (C=O) groups is 2. The number of aryl methyl sites for hydroxylation is 1. The first-order chi connectivity index (χ1) is 19.4. The van der Waals surface area contributed by atoms with Gasteiger partial charge in [-0.3, -0.25) is 14.9 Å². The maximum absolute atomic E-state index is 11.8. The van der Waals surface area contributed by atoms with Crippen LogP contribution in [0.4, 0.5) is 4.79 Å². The number of amides is 2. The van der Waals surface area contributed by atoms with E-state index in [4.69, 9.17) is 14.1 Å². The third-order valence-corrected chi connectivity index (χ3v) is 9.34. The first-order valence-corrected chi connectivity index (χ1v) is 15.9. The quantitative estimate of drug-likeness (QED) is 0.237. The van der Waals surface area contributed by atoms with Crippen LogP contribution in [0, 0.1) is 6.92 Å². The molecule has 1 aliphatic rings. The summed E-state index contributed by atoms with van der Waals surface area (Å²) in [4.78, 5) is 29.2. The number of hydrogen-bond acceptors (Lipinski definition) is 8. The third kappa shape index (κ3) is 7.53. The summed E-state index contributed by atoms with van der Waals surface area (Å²) < 4.78 is 11.7. The van der Waals surface area contributed by atoms with Gasteiger partial charge in [-0.05, 0) is 67.9 Å². The van der Waals surface area contributed by atoms with Gasteiger partial charge in [-0.25, -0.2) is 4.98 Å². The molecule has 2 heterocycles. The highest BCUT2D eigenvalue weighted by atomic mass is 32.2. The van der Waals surface area contributed by atoms with Crippen LogP contribution in [-0.4, -0.2) is 33.1 Å². The molecule has 2 N–H and O–H groups in total. The van der Waals surface area contributed by atoms with Crippen LogP contribution in [0.25, 0.3) is 0 Å². The van der Waals surface area contributed by atoms with Gasteiger partial charge < -0.3 is 14.3 Å². The predicted octanol–water partition coefficient (Wildman–Crippen LogP) is 7.83. The monoisotopic (exact) mass is 610 g/mol. The molecule has 1 fully saturated rings. The predicted molar refractivity (Wildman–Crippen MR) is 170 cm³/mol. The van der Waals surface area contributed by atoms with Crippen molar-refractivity contribution in [1.82, 2.24) is 10.3 Å². The molecule has 2 aromatic carbocycles. The standard InChI is InChI=1S/C33H42N2O5S2/c1-19-25(14-15-39-21-12-10-20(11-13-21)16-26-28(37)35-30(38)41-26)34-29(40-19)33(8,9)42-22-17-23(31(2,3)4)27(36)24(18-22)32(5,6)7/h10-13,17-18,26,36H,14-16H2,1-9H3,(H,35,37,38). The number of carbonyl (C=O) groups excluding carboxylic acids is 2. The number of phenolic OH excluding ortho intramolecular Hbond substituents is 1. The van der Waals surface area contributed by atoms with E-state index in [-0.39, 0.29) is 27.2 Å². The molecule has 42 heavy (non-hydrogen) atoms. The van der Waals surface area contributed by atoms with Crippen LogP contribution >= 0.6 is 23.5 Å². The Bertz CT molecular complexity index is 1430. The van der Waals surface area contributed by atoms with E-state index in [1.807, 2.05) is 31.2 Å². The van der Waals surface area contributed by atoms with E-state index in [0.717, 1.165) is 50.6 Å². The lowest BCUT2D eigenvalue weighted by molar-refractivity contribution is -0.118. The maximum Gasteiger partial charge on any atom is 0.286 e. The molecule has 2 amide bonds. The molecule has 0 radical (unpaired) electrons. The Labute approximate surface area is 257 Å². The average molecular weight is 611 g/mol. The molecule has 226 valence electrons. The van der Waals surface area contributed by atoms with E-state index in [0.29, 0.717) is 31.1 Å². The Hall–Kier alpha value is -2.91. The van der Waals surface area contributed by atoms with Gasteiger partial charge in [-0.2, -0.15) is 0 Å². The number of aromatic nitrogens is 1. The molecule has 0 bridgehead atoms. The lowest BCUT2D eigenvalue weighted by Gasteiger charge is -2.29. The molecule has 1 saturated heterocycles. The fourth-order valence-electron chi connectivity index (χ4n) is 4.80. The van der Waals surface area contributed by atoms with Gasteiger partial charge in [0.05, 0.1) is 22.3 Å². The minimum Gasteiger partial charge on any atom is -0.507 e. The Kier molecular flexibility index (Phi) is 9.14. The van der Waals surface area contributed by atoms with Crippen molar-refractivity contribution in [3.8, 4) is 11.5 Å². The molecule has 3 aromatic rings. The van der Waals surface area contributed by atoms with Gasteiger partial charge in [0.2, 0.25) is 11.8 Å². The van der Waals surface area contributed by atoms with Crippen molar-refractivity contribution in [2.45, 2.75) is 101 Å². The van der Waals surface area contributed by atoms with E-state index in [1.165, 1.54) is 0 Å². The zero-order valence-electron chi connectivity index (χ0n) is 26.0. The lowest BCUT2D eigenvalue weighted by Crippen LogP contribution is -2.25. The van der Waals surface area contributed by atoms with Gasteiger partial charge in [-0.1, -0.05) is 65.4 Å². The zero-order chi connectivity index (χ0) is 31.0. The minimum atomic E-state index is -0.444. The van der Waals surface area contributed by atoms with Crippen molar-refractivity contribution in [1.29, 1.82) is 0 Å². The molecule has 4 rings (SSSR count). The molecule has 0 saturated carbocycles. The second kappa shape index (κ2) is 12.0. The number of thioether (sulfide) groups is 2. The molecule has 0 spiro atoms. The van der Waals surface area contributed by atoms with E-state index in [9.17, 15) is 14.7 Å². The largest absolute Gasteiger partial charge is 0.507 e. The van der Waals surface area contributed by atoms with Crippen molar-refractivity contribution in [3.05, 3.63) is 70.4 Å². The van der Waals surface area contributed by atoms with Gasteiger partial charge in [-0.15, -0.1) is 11.8 Å². The molecule has 0 aliphatic carbocycles. The summed E-state index contributed by atoms with van der Waals surface area (Å²) >= 11 is 2.71. The van der Waals surface area contributed by atoms with E-state index in [1.54, 1.807) is 11.8 Å². The number of nitrogens with zero attached hydrogens (tertiary/aromatic N) is 1. The topological polar surface area (TPSA) is 102 Å². The van der Waals surface area contributed by atoms with Crippen LogP contribution in [0.1, 0.15) is 89.4 Å². The highest BCUT2D eigenvalue weighted by Crippen LogP contribution is 2.46. The van der Waals surface area contributed by atoms with Crippen molar-refractivity contribution in [3.63, 3.8) is 0 Å². The minimum absolute atomic E-state index is 0.205. The number of imide groups is 1. The second-order valence-electron chi connectivity index (χ2n) is 13.3. The lowest BCUT2D eigenvalue weighted by atomic mass is 9.79. The molecular weight excluding hydrogens is 569 g/mol. The zero-order valence-corrected chi connectivity index (χ0v) is 27.6. The van der Waals surface area contributed by atoms with Crippen LogP contribution < -0.4 is 10.1 Å². The normalized spacial score (nSPS) is 16.2. The number of aromatic hydroxyl groups is 1. The number of phenols is 1. The van der Waals surface area contributed by atoms with Gasteiger partial charge in [0.25, 0.3) is 5.24 Å². The van der Waals surface area contributed by atoms with Crippen LogP contribution in [-0.2, 0) is 33.2 Å². The summed E-state index contributed by atoms with van der Waals surface area (Å²) in [6, 6.07) is 11.8. The fourth-order valence-corrected chi connectivity index (χ4v) is 6.77. The van der Waals surface area contributed by atoms with Crippen molar-refractivity contribution in [2.75, 3.05) is 6.61 Å². The number of benzene rings is 2. The Balaban J connectivity index is 1.41. The summed E-state index contributed by atoms with van der Waals surface area (Å²) in [5.41, 5.74) is 3.29. The van der Waals surface area contributed by atoms with E-state index < -0.39 is 4.75 Å². The molecule has 1 unspecified atom stereocenters. The number of rotatable bonds is 9. The third-order valence-electron chi connectivity index (χ3n) is 7.20. The first-order valence-electron chi connectivity index (χ1n) is 14.2. The highest BCUT2D eigenvalue weighted by molar-refractivity contribution is 8.15.